The number of fused-ring (bicyclic) bond motifs is 1. The van der Waals surface area contributed by atoms with Gasteiger partial charge in [0.25, 0.3) is 0 Å². The lowest BCUT2D eigenvalue weighted by molar-refractivity contribution is -0.115. The van der Waals surface area contributed by atoms with E-state index in [0.717, 1.165) is 29.2 Å². The van der Waals surface area contributed by atoms with E-state index >= 15 is 0 Å². The molecule has 1 saturated heterocycles. The van der Waals surface area contributed by atoms with Crippen LogP contribution in [0.3, 0.4) is 0 Å². The zero-order valence-corrected chi connectivity index (χ0v) is 20.4. The fourth-order valence-corrected chi connectivity index (χ4v) is 5.99. The van der Waals surface area contributed by atoms with Gasteiger partial charge in [0.1, 0.15) is 10.6 Å². The van der Waals surface area contributed by atoms with Crippen molar-refractivity contribution in [2.75, 3.05) is 31.6 Å². The maximum atomic E-state index is 13.2. The van der Waals surface area contributed by atoms with E-state index in [9.17, 15) is 13.2 Å². The van der Waals surface area contributed by atoms with Crippen molar-refractivity contribution < 1.29 is 17.9 Å². The summed E-state index contributed by atoms with van der Waals surface area (Å²) >= 11 is 0. The molecule has 1 atom stereocenters. The summed E-state index contributed by atoms with van der Waals surface area (Å²) in [5, 5.41) is 8.39. The number of carbonyl (C=O) groups excluding carboxylic acids is 1. The summed E-state index contributed by atoms with van der Waals surface area (Å²) in [6, 6.07) is 19.0. The molecule has 0 spiro atoms. The molecule has 0 radical (unpaired) electrons. The maximum Gasteiger partial charge on any atom is 0.246 e. The third-order valence-corrected chi connectivity index (χ3v) is 7.99. The predicted octanol–water partition coefficient (Wildman–Crippen LogP) is 4.31. The van der Waals surface area contributed by atoms with Crippen molar-refractivity contribution in [2.45, 2.75) is 37.6 Å². The number of hydrogen-bond acceptors (Lipinski definition) is 5. The zero-order valence-electron chi connectivity index (χ0n) is 19.6. The van der Waals surface area contributed by atoms with Crippen LogP contribution in [0, 0.1) is 0 Å². The Morgan fingerprint density at radius 3 is 2.56 bits per heavy atom. The van der Waals surface area contributed by atoms with Crippen molar-refractivity contribution in [1.82, 2.24) is 9.62 Å². The van der Waals surface area contributed by atoms with Gasteiger partial charge >= 0.3 is 0 Å². The molecule has 34 heavy (non-hydrogen) atoms. The maximum absolute atomic E-state index is 13.2. The summed E-state index contributed by atoms with van der Waals surface area (Å²) in [7, 11) is -3.69. The highest BCUT2D eigenvalue weighted by atomic mass is 32.2. The van der Waals surface area contributed by atoms with Crippen molar-refractivity contribution >= 4 is 32.4 Å². The van der Waals surface area contributed by atoms with Gasteiger partial charge in [-0.05, 0) is 61.2 Å². The standard InChI is InChI=1S/C26H31N3O4S/c1-3-33-24-14-13-21(17-25(24)34(31,32)29-15-6-7-16-29)28-26(30)18-27-19(2)22-12-8-10-20-9-4-5-11-23(20)22/h4-5,8-14,17,19,27H,3,6-7,15-16,18H2,1-2H3,(H,28,30)/t19-/m0/s1. The van der Waals surface area contributed by atoms with Gasteiger partial charge in [0.05, 0.1) is 13.2 Å². The molecular formula is C26H31N3O4S. The molecule has 1 aliphatic heterocycles. The minimum Gasteiger partial charge on any atom is -0.492 e. The molecule has 0 aliphatic carbocycles. The second-order valence-corrected chi connectivity index (χ2v) is 10.3. The molecule has 7 nitrogen and oxygen atoms in total. The molecule has 180 valence electrons. The number of ether oxygens (including phenoxy) is 1. The van der Waals surface area contributed by atoms with E-state index in [1.165, 1.54) is 10.4 Å². The number of nitrogens with one attached hydrogen (secondary N) is 2. The molecule has 2 N–H and O–H groups in total. The summed E-state index contributed by atoms with van der Waals surface area (Å²) in [6.07, 6.45) is 1.69. The van der Waals surface area contributed by atoms with Gasteiger partial charge < -0.3 is 15.4 Å². The van der Waals surface area contributed by atoms with Gasteiger partial charge in [0, 0.05) is 24.8 Å². The molecule has 1 heterocycles. The number of amides is 1. The Morgan fingerprint density at radius 2 is 1.79 bits per heavy atom. The summed E-state index contributed by atoms with van der Waals surface area (Å²) in [4.78, 5) is 12.8. The molecule has 3 aromatic carbocycles. The quantitative estimate of drug-likeness (QED) is 0.476. The minimum absolute atomic E-state index is 0.0386. The number of rotatable bonds is 9. The molecule has 4 rings (SSSR count). The van der Waals surface area contributed by atoms with E-state index in [2.05, 4.69) is 34.9 Å². The molecule has 1 aliphatic rings. The normalized spacial score (nSPS) is 15.4. The van der Waals surface area contributed by atoms with Crippen molar-refractivity contribution in [2.24, 2.45) is 0 Å². The summed E-state index contributed by atoms with van der Waals surface area (Å²) < 4.78 is 33.4. The second kappa shape index (κ2) is 10.5. The Kier molecular flexibility index (Phi) is 7.50. The smallest absolute Gasteiger partial charge is 0.246 e. The van der Waals surface area contributed by atoms with Crippen LogP contribution in [0.5, 0.6) is 5.75 Å². The van der Waals surface area contributed by atoms with Gasteiger partial charge in [-0.1, -0.05) is 42.5 Å². The summed E-state index contributed by atoms with van der Waals surface area (Å²) in [5.74, 6) is 0.0517. The van der Waals surface area contributed by atoms with Gasteiger partial charge in [-0.25, -0.2) is 8.42 Å². The zero-order chi connectivity index (χ0) is 24.1. The minimum atomic E-state index is -3.69. The molecule has 0 unspecified atom stereocenters. The number of benzene rings is 3. The van der Waals surface area contributed by atoms with E-state index in [0.29, 0.717) is 31.1 Å². The first-order valence-corrected chi connectivity index (χ1v) is 13.1. The molecule has 1 amide bonds. The molecule has 0 aromatic heterocycles. The fraction of sp³-hybridized carbons (Fsp3) is 0.346. The van der Waals surface area contributed by atoms with Crippen LogP contribution in [0.4, 0.5) is 5.69 Å². The monoisotopic (exact) mass is 481 g/mol. The van der Waals surface area contributed by atoms with E-state index < -0.39 is 10.0 Å². The van der Waals surface area contributed by atoms with E-state index in [1.807, 2.05) is 32.0 Å². The lowest BCUT2D eigenvalue weighted by atomic mass is 10.00. The first-order chi connectivity index (χ1) is 16.4. The Morgan fingerprint density at radius 1 is 1.06 bits per heavy atom. The van der Waals surface area contributed by atoms with Crippen molar-refractivity contribution in [3.63, 3.8) is 0 Å². The lowest BCUT2D eigenvalue weighted by Crippen LogP contribution is -2.30. The van der Waals surface area contributed by atoms with Gasteiger partial charge in [0.15, 0.2) is 0 Å². The van der Waals surface area contributed by atoms with Gasteiger partial charge in [-0.15, -0.1) is 0 Å². The van der Waals surface area contributed by atoms with Crippen LogP contribution < -0.4 is 15.4 Å². The molecule has 0 saturated carbocycles. The number of carbonyl (C=O) groups is 1. The van der Waals surface area contributed by atoms with Crippen molar-refractivity contribution in [3.8, 4) is 5.75 Å². The van der Waals surface area contributed by atoms with E-state index in [1.54, 1.807) is 12.1 Å². The SMILES string of the molecule is CCOc1ccc(NC(=O)CN[C@@H](C)c2cccc3ccccc23)cc1S(=O)(=O)N1CCCC1. The van der Waals surface area contributed by atoms with Crippen LogP contribution in [0.2, 0.25) is 0 Å². The van der Waals surface area contributed by atoms with Gasteiger partial charge in [0.2, 0.25) is 15.9 Å². The third kappa shape index (κ3) is 5.24. The Bertz CT molecular complexity index is 1260. The molecule has 1 fully saturated rings. The average molecular weight is 482 g/mol. The van der Waals surface area contributed by atoms with Crippen molar-refractivity contribution in [3.05, 3.63) is 66.2 Å². The lowest BCUT2D eigenvalue weighted by Gasteiger charge is -2.19. The van der Waals surface area contributed by atoms with Crippen LogP contribution in [-0.4, -0.2) is 44.9 Å². The number of nitrogens with zero attached hydrogens (tertiary/aromatic N) is 1. The molecular weight excluding hydrogens is 450 g/mol. The van der Waals surface area contributed by atoms with Crippen LogP contribution in [0.1, 0.15) is 38.3 Å². The van der Waals surface area contributed by atoms with Crippen LogP contribution in [-0.2, 0) is 14.8 Å². The number of hydrogen-bond donors (Lipinski definition) is 2. The highest BCUT2D eigenvalue weighted by molar-refractivity contribution is 7.89. The van der Waals surface area contributed by atoms with Crippen LogP contribution >= 0.6 is 0 Å². The summed E-state index contributed by atoms with van der Waals surface area (Å²) in [5.41, 5.74) is 1.54. The molecule has 0 bridgehead atoms. The Labute approximate surface area is 201 Å². The van der Waals surface area contributed by atoms with Gasteiger partial charge in [-0.2, -0.15) is 4.31 Å². The summed E-state index contributed by atoms with van der Waals surface area (Å²) in [6.45, 7) is 5.27. The third-order valence-electron chi connectivity index (χ3n) is 6.07. The highest BCUT2D eigenvalue weighted by Gasteiger charge is 2.30. The fourth-order valence-electron chi connectivity index (χ4n) is 4.32. The van der Waals surface area contributed by atoms with Crippen LogP contribution in [0.25, 0.3) is 10.8 Å². The Balaban J connectivity index is 1.46. The second-order valence-electron chi connectivity index (χ2n) is 8.42. The Hall–Kier alpha value is -2.94. The predicted molar refractivity (Wildman–Crippen MR) is 135 cm³/mol. The topological polar surface area (TPSA) is 87.7 Å². The first-order valence-electron chi connectivity index (χ1n) is 11.7. The average Bonchev–Trinajstić information content (AvgIpc) is 3.39. The molecule has 3 aromatic rings. The highest BCUT2D eigenvalue weighted by Crippen LogP contribution is 2.31. The number of sulfonamides is 1. The first kappa shape index (κ1) is 24.2. The van der Waals surface area contributed by atoms with E-state index in [-0.39, 0.29) is 23.4 Å². The van der Waals surface area contributed by atoms with Gasteiger partial charge in [-0.3, -0.25) is 4.79 Å². The number of anilines is 1. The van der Waals surface area contributed by atoms with Crippen molar-refractivity contribution in [1.29, 1.82) is 0 Å². The largest absolute Gasteiger partial charge is 0.492 e. The van der Waals surface area contributed by atoms with Crippen LogP contribution in [0.15, 0.2) is 65.6 Å². The molecule has 8 heteroatoms. The van der Waals surface area contributed by atoms with E-state index in [4.69, 9.17) is 4.74 Å².